The van der Waals surface area contributed by atoms with Gasteiger partial charge in [-0.3, -0.25) is 4.79 Å². The minimum Gasteiger partial charge on any atom is -0.428 e. The lowest BCUT2D eigenvalue weighted by Gasteiger charge is -2.25. The fourth-order valence-electron chi connectivity index (χ4n) is 3.58. The van der Waals surface area contributed by atoms with Crippen LogP contribution < -0.4 is 10.5 Å². The monoisotopic (exact) mass is 591 g/mol. The summed E-state index contributed by atoms with van der Waals surface area (Å²) in [6.07, 6.45) is -3.75. The van der Waals surface area contributed by atoms with Gasteiger partial charge in [-0.2, -0.15) is 46.4 Å². The van der Waals surface area contributed by atoms with Crippen LogP contribution in [0.2, 0.25) is 5.02 Å². The Morgan fingerprint density at radius 3 is 2.48 bits per heavy atom. The van der Waals surface area contributed by atoms with Gasteiger partial charge in [0.2, 0.25) is 0 Å². The Kier molecular flexibility index (Phi) is 8.35. The van der Waals surface area contributed by atoms with Crippen molar-refractivity contribution >= 4 is 35.1 Å². The normalized spacial score (nSPS) is 15.2. The maximum Gasteiger partial charge on any atom is 0.459 e. The summed E-state index contributed by atoms with van der Waals surface area (Å²) in [4.78, 5) is 18.0. The van der Waals surface area contributed by atoms with Gasteiger partial charge in [0.05, 0.1) is 22.7 Å². The van der Waals surface area contributed by atoms with Gasteiger partial charge in [-0.1, -0.05) is 17.7 Å². The second-order valence-electron chi connectivity index (χ2n) is 8.34. The number of aryl methyl sites for hydroxylation is 1. The van der Waals surface area contributed by atoms with E-state index in [1.165, 1.54) is 18.2 Å². The molecule has 0 saturated heterocycles. The molecule has 0 unspecified atom stereocenters. The predicted octanol–water partition coefficient (Wildman–Crippen LogP) is 5.05. The Hall–Kier alpha value is -4.31. The summed E-state index contributed by atoms with van der Waals surface area (Å²) in [7, 11) is 0.874. The van der Waals surface area contributed by atoms with E-state index < -0.39 is 54.0 Å². The zero-order valence-corrected chi connectivity index (χ0v) is 20.9. The van der Waals surface area contributed by atoms with Gasteiger partial charge in [0, 0.05) is 25.0 Å². The third-order valence-electron chi connectivity index (χ3n) is 5.79. The van der Waals surface area contributed by atoms with Crippen molar-refractivity contribution in [1.29, 1.82) is 10.5 Å². The van der Waals surface area contributed by atoms with Crippen molar-refractivity contribution in [3.05, 3.63) is 46.2 Å². The molecule has 1 aromatic heterocycles. The number of allylic oxidation sites excluding steroid dienone is 1. The molecule has 0 spiro atoms. The third kappa shape index (κ3) is 5.67. The van der Waals surface area contributed by atoms with Crippen LogP contribution in [0.15, 0.2) is 29.4 Å². The molecule has 1 amide bonds. The zero-order chi connectivity index (χ0) is 30.0. The molecule has 1 heterocycles. The molecule has 1 saturated carbocycles. The Labute approximate surface area is 226 Å². The van der Waals surface area contributed by atoms with E-state index in [1.54, 1.807) is 0 Å². The summed E-state index contributed by atoms with van der Waals surface area (Å²) < 4.78 is 96.9. The van der Waals surface area contributed by atoms with Gasteiger partial charge >= 0.3 is 18.7 Å². The number of carbonyl (C=O) groups excluding carboxylic acids is 1. The molecule has 1 aromatic carbocycles. The molecule has 2 N–H and O–H groups in total. The van der Waals surface area contributed by atoms with E-state index in [-0.39, 0.29) is 21.7 Å². The number of ether oxygens (including phenoxy) is 1. The molecule has 0 bridgehead atoms. The number of alkyl halides is 7. The number of aromatic nitrogens is 2. The Morgan fingerprint density at radius 1 is 1.32 bits per heavy atom. The van der Waals surface area contributed by atoms with Gasteiger partial charge in [0.25, 0.3) is 5.91 Å². The lowest BCUT2D eigenvalue weighted by atomic mass is 10.0. The number of hydrogen-bond acceptors (Lipinski definition) is 7. The molecule has 9 nitrogen and oxygen atoms in total. The Morgan fingerprint density at radius 2 is 1.98 bits per heavy atom. The standard InChI is InChI=1S/C23H17ClF7N7O2/c1-37-18(16(40-20(25)26)17(36-37)22(27,28)23(29,30)31)35-10-13(9-33)12-2-3-15(24)14(8-12)19(39)38(7-6-32)21(11-34)4-5-21/h2-3,8-10,20H,4-5,7,33H2,1H3/b13-9+,35-10+. The molecule has 0 radical (unpaired) electrons. The van der Waals surface area contributed by atoms with Crippen LogP contribution in [0.25, 0.3) is 5.57 Å². The van der Waals surface area contributed by atoms with E-state index >= 15 is 0 Å². The van der Waals surface area contributed by atoms with Crippen LogP contribution >= 0.6 is 11.6 Å². The van der Waals surface area contributed by atoms with Gasteiger partial charge < -0.3 is 15.4 Å². The number of carbonyl (C=O) groups is 1. The van der Waals surface area contributed by atoms with Crippen molar-refractivity contribution in [2.45, 2.75) is 37.1 Å². The largest absolute Gasteiger partial charge is 0.459 e. The van der Waals surface area contributed by atoms with Gasteiger partial charge in [0.1, 0.15) is 12.1 Å². The fraction of sp³-hybridized carbons (Fsp3) is 0.348. The number of nitrogens with zero attached hydrogens (tertiary/aromatic N) is 6. The van der Waals surface area contributed by atoms with Gasteiger partial charge in [-0.15, -0.1) is 0 Å². The summed E-state index contributed by atoms with van der Waals surface area (Å²) in [6.45, 7) is -4.21. The average Bonchev–Trinajstić information content (AvgIpc) is 3.61. The smallest absolute Gasteiger partial charge is 0.428 e. The summed E-state index contributed by atoms with van der Waals surface area (Å²) >= 11 is 6.18. The molecule has 2 aromatic rings. The molecule has 1 aliphatic rings. The van der Waals surface area contributed by atoms with Crippen molar-refractivity contribution < 1.29 is 40.3 Å². The van der Waals surface area contributed by atoms with Crippen molar-refractivity contribution in [3.8, 4) is 17.9 Å². The van der Waals surface area contributed by atoms with E-state index in [9.17, 15) is 40.8 Å². The number of rotatable bonds is 9. The van der Waals surface area contributed by atoms with Crippen LogP contribution in [0.4, 0.5) is 36.6 Å². The van der Waals surface area contributed by atoms with E-state index in [2.05, 4.69) is 14.8 Å². The highest BCUT2D eigenvalue weighted by molar-refractivity contribution is 6.34. The Bertz CT molecular complexity index is 1450. The average molecular weight is 592 g/mol. The maximum atomic E-state index is 14.0. The number of nitriles is 2. The topological polar surface area (TPSA) is 133 Å². The molecule has 0 atom stereocenters. The van der Waals surface area contributed by atoms with E-state index in [1.807, 2.05) is 12.1 Å². The first-order chi connectivity index (χ1) is 18.6. The summed E-state index contributed by atoms with van der Waals surface area (Å²) in [5.41, 5.74) is 2.24. The van der Waals surface area contributed by atoms with Crippen LogP contribution in [0.3, 0.4) is 0 Å². The highest BCUT2D eigenvalue weighted by Crippen LogP contribution is 2.49. The second-order valence-corrected chi connectivity index (χ2v) is 8.75. The number of halogens is 8. The van der Waals surface area contributed by atoms with Gasteiger partial charge in [-0.25, -0.2) is 9.67 Å². The Balaban J connectivity index is 2.04. The molecular formula is C23H17ClF7N7O2. The van der Waals surface area contributed by atoms with Gasteiger partial charge in [0.15, 0.2) is 17.3 Å². The molecule has 3 rings (SSSR count). The van der Waals surface area contributed by atoms with Crippen LogP contribution in [-0.2, 0) is 13.0 Å². The molecule has 212 valence electrons. The number of amides is 1. The molecular weight excluding hydrogens is 575 g/mol. The number of nitrogens with two attached hydrogens (primary N) is 1. The van der Waals surface area contributed by atoms with Crippen molar-refractivity contribution in [3.63, 3.8) is 0 Å². The summed E-state index contributed by atoms with van der Waals surface area (Å²) in [5.74, 6) is -8.94. The molecule has 1 fully saturated rings. The molecule has 0 aliphatic heterocycles. The lowest BCUT2D eigenvalue weighted by molar-refractivity contribution is -0.291. The van der Waals surface area contributed by atoms with Crippen LogP contribution in [-0.4, -0.2) is 51.7 Å². The van der Waals surface area contributed by atoms with Gasteiger partial charge in [-0.05, 0) is 30.5 Å². The van der Waals surface area contributed by atoms with Crippen molar-refractivity contribution in [1.82, 2.24) is 14.7 Å². The van der Waals surface area contributed by atoms with Crippen LogP contribution in [0.5, 0.6) is 5.75 Å². The van der Waals surface area contributed by atoms with E-state index in [4.69, 9.17) is 22.6 Å². The second kappa shape index (κ2) is 11.1. The lowest BCUT2D eigenvalue weighted by Crippen LogP contribution is -2.41. The number of benzene rings is 1. The highest BCUT2D eigenvalue weighted by atomic mass is 35.5. The number of hydrogen-bond donors (Lipinski definition) is 1. The molecule has 17 heteroatoms. The predicted molar refractivity (Wildman–Crippen MR) is 126 cm³/mol. The van der Waals surface area contributed by atoms with Crippen molar-refractivity contribution in [2.75, 3.05) is 6.54 Å². The highest BCUT2D eigenvalue weighted by Gasteiger charge is 2.62. The quantitative estimate of drug-likeness (QED) is 0.246. The minimum absolute atomic E-state index is 0.0583. The first-order valence-corrected chi connectivity index (χ1v) is 11.3. The minimum atomic E-state index is -6.18. The number of aliphatic imine (C=N–C) groups is 1. The first-order valence-electron chi connectivity index (χ1n) is 11.0. The maximum absolute atomic E-state index is 14.0. The summed E-state index contributed by atoms with van der Waals surface area (Å²) in [5, 5.41) is 21.6. The molecule has 1 aliphatic carbocycles. The fourth-order valence-corrected chi connectivity index (χ4v) is 3.78. The van der Waals surface area contributed by atoms with Crippen molar-refractivity contribution in [2.24, 2.45) is 17.8 Å². The van der Waals surface area contributed by atoms with E-state index in [0.717, 1.165) is 24.4 Å². The molecule has 40 heavy (non-hydrogen) atoms. The van der Waals surface area contributed by atoms with Crippen LogP contribution in [0.1, 0.15) is 34.5 Å². The van der Waals surface area contributed by atoms with E-state index in [0.29, 0.717) is 17.5 Å². The summed E-state index contributed by atoms with van der Waals surface area (Å²) in [6, 6.07) is 7.65. The SMILES string of the molecule is Cn1nc(C(F)(F)C(F)(F)F)c(OC(F)F)c1/N=C/C(=C\N)c1ccc(Cl)c(C(=O)N(CC#N)C2(C#N)CC2)c1. The zero-order valence-electron chi connectivity index (χ0n) is 20.2. The first kappa shape index (κ1) is 30.2. The third-order valence-corrected chi connectivity index (χ3v) is 6.12. The van der Waals surface area contributed by atoms with Crippen LogP contribution in [0, 0.1) is 22.7 Å².